The maximum absolute atomic E-state index is 10.1. The van der Waals surface area contributed by atoms with Gasteiger partial charge in [-0.05, 0) is 42.0 Å². The fourth-order valence-electron chi connectivity index (χ4n) is 1.82. The van der Waals surface area contributed by atoms with Gasteiger partial charge in [0.25, 0.3) is 0 Å². The van der Waals surface area contributed by atoms with Gasteiger partial charge in [0, 0.05) is 12.2 Å². The summed E-state index contributed by atoms with van der Waals surface area (Å²) in [5.74, 6) is 0.765. The zero-order chi connectivity index (χ0) is 14.4. The maximum atomic E-state index is 10.1. The molecule has 0 radical (unpaired) electrons. The van der Waals surface area contributed by atoms with Crippen LogP contribution < -0.4 is 10.1 Å². The van der Waals surface area contributed by atoms with Crippen molar-refractivity contribution in [2.45, 2.75) is 6.10 Å². The second-order valence-corrected chi connectivity index (χ2v) is 4.36. The van der Waals surface area contributed by atoms with E-state index in [-0.39, 0.29) is 0 Å². The van der Waals surface area contributed by atoms with E-state index in [0.717, 1.165) is 17.0 Å². The molecule has 0 aliphatic carbocycles. The summed E-state index contributed by atoms with van der Waals surface area (Å²) in [6.07, 6.45) is -0.600. The Morgan fingerprint density at radius 1 is 1.15 bits per heavy atom. The number of nitrogens with zero attached hydrogens (tertiary/aromatic N) is 1. The number of ether oxygens (including phenoxy) is 1. The molecule has 0 bridgehead atoms. The summed E-state index contributed by atoms with van der Waals surface area (Å²) in [5, 5.41) is 21.9. The highest BCUT2D eigenvalue weighted by Crippen LogP contribution is 2.18. The molecule has 0 aromatic heterocycles. The lowest BCUT2D eigenvalue weighted by Gasteiger charge is -2.13. The third-order valence-corrected chi connectivity index (χ3v) is 3.01. The van der Waals surface area contributed by atoms with Crippen LogP contribution in [0.4, 0.5) is 5.69 Å². The van der Waals surface area contributed by atoms with Gasteiger partial charge < -0.3 is 15.2 Å². The molecule has 2 rings (SSSR count). The number of anilines is 1. The Hall–Kier alpha value is -2.51. The number of aliphatic hydroxyl groups is 1. The van der Waals surface area contributed by atoms with Gasteiger partial charge in [0.1, 0.15) is 5.75 Å². The molecule has 1 unspecified atom stereocenters. The zero-order valence-electron chi connectivity index (χ0n) is 11.2. The van der Waals surface area contributed by atoms with Crippen molar-refractivity contribution in [2.75, 3.05) is 19.0 Å². The van der Waals surface area contributed by atoms with Crippen molar-refractivity contribution in [1.29, 1.82) is 5.26 Å². The van der Waals surface area contributed by atoms with E-state index in [2.05, 4.69) is 11.4 Å². The number of benzene rings is 2. The second-order valence-electron chi connectivity index (χ2n) is 4.36. The lowest BCUT2D eigenvalue weighted by molar-refractivity contribution is 0.191. The molecule has 0 saturated carbocycles. The van der Waals surface area contributed by atoms with Crippen LogP contribution in [0.5, 0.6) is 5.75 Å². The fraction of sp³-hybridized carbons (Fsp3) is 0.188. The molecule has 0 amide bonds. The molecule has 102 valence electrons. The summed E-state index contributed by atoms with van der Waals surface area (Å²) in [6, 6.07) is 16.5. The normalized spacial score (nSPS) is 11.4. The number of nitrogens with one attached hydrogen (secondary N) is 1. The van der Waals surface area contributed by atoms with Gasteiger partial charge in [-0.1, -0.05) is 12.1 Å². The van der Waals surface area contributed by atoms with Crippen LogP contribution in [0.1, 0.15) is 17.2 Å². The largest absolute Gasteiger partial charge is 0.497 e. The quantitative estimate of drug-likeness (QED) is 0.875. The van der Waals surface area contributed by atoms with Gasteiger partial charge >= 0.3 is 0 Å². The van der Waals surface area contributed by atoms with Crippen LogP contribution >= 0.6 is 0 Å². The monoisotopic (exact) mass is 268 g/mol. The second kappa shape index (κ2) is 6.60. The summed E-state index contributed by atoms with van der Waals surface area (Å²) in [4.78, 5) is 0. The van der Waals surface area contributed by atoms with E-state index < -0.39 is 6.10 Å². The summed E-state index contributed by atoms with van der Waals surface area (Å²) in [7, 11) is 1.61. The Morgan fingerprint density at radius 3 is 2.35 bits per heavy atom. The van der Waals surface area contributed by atoms with Crippen molar-refractivity contribution in [3.63, 3.8) is 0 Å². The van der Waals surface area contributed by atoms with Crippen molar-refractivity contribution >= 4 is 5.69 Å². The van der Waals surface area contributed by atoms with Gasteiger partial charge in [-0.15, -0.1) is 0 Å². The van der Waals surface area contributed by atoms with Gasteiger partial charge in [0.05, 0.1) is 24.8 Å². The summed E-state index contributed by atoms with van der Waals surface area (Å²) >= 11 is 0. The molecule has 0 heterocycles. The van der Waals surface area contributed by atoms with Gasteiger partial charge in [-0.25, -0.2) is 0 Å². The van der Waals surface area contributed by atoms with Crippen LogP contribution in [0.3, 0.4) is 0 Å². The molecule has 0 fully saturated rings. The molecule has 1 atom stereocenters. The number of methoxy groups -OCH3 is 1. The summed E-state index contributed by atoms with van der Waals surface area (Å²) in [5.41, 5.74) is 2.31. The Balaban J connectivity index is 1.93. The van der Waals surface area contributed by atoms with Crippen molar-refractivity contribution in [1.82, 2.24) is 0 Å². The molecule has 0 saturated heterocycles. The van der Waals surface area contributed by atoms with Crippen LogP contribution in [0, 0.1) is 11.3 Å². The molecule has 20 heavy (non-hydrogen) atoms. The molecule has 0 aliphatic rings. The lowest BCUT2D eigenvalue weighted by atomic mass is 10.1. The first kappa shape index (κ1) is 13.9. The van der Waals surface area contributed by atoms with E-state index in [1.54, 1.807) is 19.2 Å². The van der Waals surface area contributed by atoms with Gasteiger partial charge in [-0.2, -0.15) is 5.26 Å². The average Bonchev–Trinajstić information content (AvgIpc) is 2.53. The number of rotatable bonds is 5. The first-order chi connectivity index (χ1) is 9.72. The third kappa shape index (κ3) is 3.50. The zero-order valence-corrected chi connectivity index (χ0v) is 11.2. The minimum absolute atomic E-state index is 0.401. The third-order valence-electron chi connectivity index (χ3n) is 3.01. The predicted molar refractivity (Wildman–Crippen MR) is 77.6 cm³/mol. The van der Waals surface area contributed by atoms with Crippen LogP contribution in [0.25, 0.3) is 0 Å². The average molecular weight is 268 g/mol. The van der Waals surface area contributed by atoms with Crippen molar-refractivity contribution < 1.29 is 9.84 Å². The Morgan fingerprint density at radius 2 is 1.80 bits per heavy atom. The molecule has 2 aromatic carbocycles. The summed E-state index contributed by atoms with van der Waals surface area (Å²) < 4.78 is 5.08. The van der Waals surface area contributed by atoms with Crippen molar-refractivity contribution in [3.05, 3.63) is 59.7 Å². The Labute approximate surface area is 118 Å². The first-order valence-corrected chi connectivity index (χ1v) is 6.29. The molecule has 0 spiro atoms. The van der Waals surface area contributed by atoms with Crippen molar-refractivity contribution in [3.8, 4) is 11.8 Å². The smallest absolute Gasteiger partial charge is 0.118 e. The molecule has 2 aromatic rings. The minimum atomic E-state index is -0.600. The van der Waals surface area contributed by atoms with Crippen molar-refractivity contribution in [2.24, 2.45) is 0 Å². The highest BCUT2D eigenvalue weighted by molar-refractivity contribution is 5.47. The lowest BCUT2D eigenvalue weighted by Crippen LogP contribution is -2.12. The topological polar surface area (TPSA) is 65.3 Å². The maximum Gasteiger partial charge on any atom is 0.118 e. The number of hydrogen-bond acceptors (Lipinski definition) is 4. The van der Waals surface area contributed by atoms with Crippen LogP contribution in [-0.2, 0) is 0 Å². The van der Waals surface area contributed by atoms with Gasteiger partial charge in [0.2, 0.25) is 0 Å². The number of hydrogen-bond donors (Lipinski definition) is 2. The minimum Gasteiger partial charge on any atom is -0.497 e. The molecule has 4 heteroatoms. The molecule has 4 nitrogen and oxygen atoms in total. The van der Waals surface area contributed by atoms with Crippen LogP contribution in [-0.4, -0.2) is 18.8 Å². The van der Waals surface area contributed by atoms with Crippen LogP contribution in [0.15, 0.2) is 48.5 Å². The Kier molecular flexibility index (Phi) is 4.59. The van der Waals surface area contributed by atoms with E-state index >= 15 is 0 Å². The highest BCUT2D eigenvalue weighted by atomic mass is 16.5. The fourth-order valence-corrected chi connectivity index (χ4v) is 1.82. The number of nitriles is 1. The van der Waals surface area contributed by atoms with E-state index in [1.165, 1.54) is 0 Å². The number of aliphatic hydroxyl groups excluding tert-OH is 1. The highest BCUT2D eigenvalue weighted by Gasteiger charge is 2.07. The van der Waals surface area contributed by atoms with Gasteiger partial charge in [-0.3, -0.25) is 0 Å². The molecular weight excluding hydrogens is 252 g/mol. The summed E-state index contributed by atoms with van der Waals surface area (Å²) in [6.45, 7) is 0.401. The van der Waals surface area contributed by atoms with E-state index in [9.17, 15) is 5.11 Å². The predicted octanol–water partition coefficient (Wildman–Crippen LogP) is 2.71. The first-order valence-electron chi connectivity index (χ1n) is 6.29. The van der Waals surface area contributed by atoms with E-state index in [0.29, 0.717) is 12.1 Å². The Bertz CT molecular complexity index is 585. The van der Waals surface area contributed by atoms with Gasteiger partial charge in [0.15, 0.2) is 0 Å². The molecule has 2 N–H and O–H groups in total. The molecule has 0 aliphatic heterocycles. The molecular formula is C16H16N2O2. The standard InChI is InChI=1S/C16H16N2O2/c1-20-15-8-4-13(5-9-15)16(19)11-18-14-6-2-12(10-17)3-7-14/h2-9,16,18-19H,11H2,1H3. The van der Waals surface area contributed by atoms with Crippen LogP contribution in [0.2, 0.25) is 0 Å². The SMILES string of the molecule is COc1ccc(C(O)CNc2ccc(C#N)cc2)cc1. The van der Waals surface area contributed by atoms with E-state index in [4.69, 9.17) is 10.00 Å². The van der Waals surface area contributed by atoms with E-state index in [1.807, 2.05) is 36.4 Å².